The molecule has 0 atom stereocenters. The first kappa shape index (κ1) is 11.0. The Bertz CT molecular complexity index is 385. The maximum Gasteiger partial charge on any atom is 0.308 e. The van der Waals surface area contributed by atoms with E-state index >= 15 is 0 Å². The van der Waals surface area contributed by atoms with E-state index in [1.165, 1.54) is 13.1 Å². The molecular weight excluding hydrogens is 194 g/mol. The van der Waals surface area contributed by atoms with Gasteiger partial charge in [0.25, 0.3) is 0 Å². The Hall–Kier alpha value is -2.10. The summed E-state index contributed by atoms with van der Waals surface area (Å²) in [5, 5.41) is 2.39. The van der Waals surface area contributed by atoms with E-state index in [4.69, 9.17) is 4.74 Å². The number of carbonyl (C=O) groups excluding carboxylic acids is 2. The minimum atomic E-state index is -0.359. The molecule has 0 spiro atoms. The molecule has 1 rings (SSSR count). The van der Waals surface area contributed by atoms with E-state index in [2.05, 4.69) is 5.32 Å². The van der Waals surface area contributed by atoms with E-state index in [9.17, 15) is 9.59 Å². The van der Waals surface area contributed by atoms with Crippen molar-refractivity contribution in [3.63, 3.8) is 0 Å². The van der Waals surface area contributed by atoms with Crippen LogP contribution in [0.4, 0.5) is 0 Å². The van der Waals surface area contributed by atoms with E-state index in [1.54, 1.807) is 24.3 Å². The van der Waals surface area contributed by atoms with Crippen molar-refractivity contribution in [2.45, 2.75) is 6.92 Å². The highest BCUT2D eigenvalue weighted by atomic mass is 16.5. The van der Waals surface area contributed by atoms with Crippen molar-refractivity contribution >= 4 is 18.5 Å². The first-order valence-corrected chi connectivity index (χ1v) is 4.37. The van der Waals surface area contributed by atoms with E-state index in [1.807, 2.05) is 6.07 Å². The molecule has 4 heteroatoms. The van der Waals surface area contributed by atoms with Gasteiger partial charge < -0.3 is 10.1 Å². The van der Waals surface area contributed by atoms with Crippen LogP contribution in [-0.4, -0.2) is 12.4 Å². The quantitative estimate of drug-likeness (QED) is 0.458. The van der Waals surface area contributed by atoms with Crippen LogP contribution in [-0.2, 0) is 9.59 Å². The van der Waals surface area contributed by atoms with Crippen LogP contribution in [0, 0.1) is 0 Å². The summed E-state index contributed by atoms with van der Waals surface area (Å²) < 4.78 is 4.90. The van der Waals surface area contributed by atoms with Gasteiger partial charge >= 0.3 is 5.97 Å². The molecular formula is C11H11NO3. The lowest BCUT2D eigenvalue weighted by Gasteiger charge is -2.01. The predicted molar refractivity (Wildman–Crippen MR) is 56.0 cm³/mol. The number of ether oxygens (including phenoxy) is 1. The van der Waals surface area contributed by atoms with Crippen LogP contribution < -0.4 is 10.1 Å². The molecule has 1 N–H and O–H groups in total. The van der Waals surface area contributed by atoms with E-state index in [0.717, 1.165) is 5.56 Å². The Balaban J connectivity index is 2.73. The normalized spacial score (nSPS) is 9.93. The van der Waals surface area contributed by atoms with Gasteiger partial charge in [0.15, 0.2) is 0 Å². The fourth-order valence-corrected chi connectivity index (χ4v) is 1.03. The summed E-state index contributed by atoms with van der Waals surface area (Å²) in [6, 6.07) is 6.98. The third-order valence-corrected chi connectivity index (χ3v) is 1.56. The molecule has 0 unspecified atom stereocenters. The number of esters is 1. The summed E-state index contributed by atoms with van der Waals surface area (Å²) in [7, 11) is 0. The third-order valence-electron chi connectivity index (χ3n) is 1.56. The SMILES string of the molecule is CC(=O)Oc1cccc(C=CNC=O)c1. The highest BCUT2D eigenvalue weighted by molar-refractivity contribution is 5.69. The van der Waals surface area contributed by atoms with Crippen molar-refractivity contribution < 1.29 is 14.3 Å². The van der Waals surface area contributed by atoms with Gasteiger partial charge in [-0.2, -0.15) is 0 Å². The molecule has 0 aliphatic rings. The molecule has 4 nitrogen and oxygen atoms in total. The lowest BCUT2D eigenvalue weighted by Crippen LogP contribution is -2.01. The minimum Gasteiger partial charge on any atom is -0.427 e. The number of hydrogen-bond donors (Lipinski definition) is 1. The van der Waals surface area contributed by atoms with Crippen LogP contribution in [0.2, 0.25) is 0 Å². The van der Waals surface area contributed by atoms with Crippen molar-refractivity contribution in [3.8, 4) is 5.75 Å². The second-order valence-corrected chi connectivity index (χ2v) is 2.78. The highest BCUT2D eigenvalue weighted by Crippen LogP contribution is 2.14. The monoisotopic (exact) mass is 205 g/mol. The van der Waals surface area contributed by atoms with Gasteiger partial charge in [-0.1, -0.05) is 12.1 Å². The molecule has 0 aliphatic heterocycles. The van der Waals surface area contributed by atoms with Gasteiger partial charge in [-0.3, -0.25) is 9.59 Å². The summed E-state index contributed by atoms with van der Waals surface area (Å²) in [5.41, 5.74) is 0.836. The predicted octanol–water partition coefficient (Wildman–Crippen LogP) is 1.33. The van der Waals surface area contributed by atoms with Crippen molar-refractivity contribution in [1.29, 1.82) is 0 Å². The zero-order chi connectivity index (χ0) is 11.1. The van der Waals surface area contributed by atoms with Gasteiger partial charge in [-0.15, -0.1) is 0 Å². The maximum atomic E-state index is 10.7. The number of carbonyl (C=O) groups is 2. The standard InChI is InChI=1S/C11H11NO3/c1-9(14)15-11-4-2-3-10(7-11)5-6-12-8-13/h2-8H,1H3,(H,12,13). The number of amides is 1. The van der Waals surface area contributed by atoms with Crippen LogP contribution >= 0.6 is 0 Å². The number of rotatable bonds is 4. The smallest absolute Gasteiger partial charge is 0.308 e. The molecule has 1 aromatic carbocycles. The van der Waals surface area contributed by atoms with Crippen LogP contribution in [0.3, 0.4) is 0 Å². The highest BCUT2D eigenvalue weighted by Gasteiger charge is 1.97. The van der Waals surface area contributed by atoms with Gasteiger partial charge in [0.05, 0.1) is 0 Å². The van der Waals surface area contributed by atoms with Gasteiger partial charge in [0.1, 0.15) is 5.75 Å². The van der Waals surface area contributed by atoms with Gasteiger partial charge in [0, 0.05) is 13.1 Å². The molecule has 0 aromatic heterocycles. The fraction of sp³-hybridized carbons (Fsp3) is 0.0909. The molecule has 0 saturated carbocycles. The number of hydrogen-bond acceptors (Lipinski definition) is 3. The molecule has 0 saturated heterocycles. The van der Waals surface area contributed by atoms with Crippen molar-refractivity contribution in [3.05, 3.63) is 36.0 Å². The average Bonchev–Trinajstić information content (AvgIpc) is 2.18. The van der Waals surface area contributed by atoms with Gasteiger partial charge in [-0.25, -0.2) is 0 Å². The second kappa shape index (κ2) is 5.59. The minimum absolute atomic E-state index is 0.359. The first-order chi connectivity index (χ1) is 7.22. The Morgan fingerprint density at radius 1 is 1.47 bits per heavy atom. The summed E-state index contributed by atoms with van der Waals surface area (Å²) in [6.45, 7) is 1.34. The molecule has 0 radical (unpaired) electrons. The van der Waals surface area contributed by atoms with Gasteiger partial charge in [-0.05, 0) is 23.8 Å². The van der Waals surface area contributed by atoms with E-state index < -0.39 is 0 Å². The maximum absolute atomic E-state index is 10.7. The van der Waals surface area contributed by atoms with Crippen molar-refractivity contribution in [2.24, 2.45) is 0 Å². The lowest BCUT2D eigenvalue weighted by molar-refractivity contribution is -0.131. The Morgan fingerprint density at radius 2 is 2.27 bits per heavy atom. The molecule has 0 heterocycles. The van der Waals surface area contributed by atoms with Crippen LogP contribution in [0.15, 0.2) is 30.5 Å². The summed E-state index contributed by atoms with van der Waals surface area (Å²) in [6.07, 6.45) is 3.77. The van der Waals surface area contributed by atoms with Crippen molar-refractivity contribution in [1.82, 2.24) is 5.32 Å². The average molecular weight is 205 g/mol. The largest absolute Gasteiger partial charge is 0.427 e. The molecule has 1 amide bonds. The number of nitrogens with one attached hydrogen (secondary N) is 1. The Kier molecular flexibility index (Phi) is 4.09. The summed E-state index contributed by atoms with van der Waals surface area (Å²) in [5.74, 6) is 0.123. The fourth-order valence-electron chi connectivity index (χ4n) is 1.03. The topological polar surface area (TPSA) is 55.4 Å². The Labute approximate surface area is 87.6 Å². The van der Waals surface area contributed by atoms with E-state index in [0.29, 0.717) is 12.2 Å². The van der Waals surface area contributed by atoms with E-state index in [-0.39, 0.29) is 5.97 Å². The van der Waals surface area contributed by atoms with Crippen LogP contribution in [0.1, 0.15) is 12.5 Å². The summed E-state index contributed by atoms with van der Waals surface area (Å²) in [4.78, 5) is 20.7. The van der Waals surface area contributed by atoms with Crippen molar-refractivity contribution in [2.75, 3.05) is 0 Å². The molecule has 0 fully saturated rings. The van der Waals surface area contributed by atoms with Crippen LogP contribution in [0.5, 0.6) is 5.75 Å². The number of benzene rings is 1. The third kappa shape index (κ3) is 4.08. The van der Waals surface area contributed by atoms with Crippen LogP contribution in [0.25, 0.3) is 6.08 Å². The van der Waals surface area contributed by atoms with Gasteiger partial charge in [0.2, 0.25) is 6.41 Å². The molecule has 15 heavy (non-hydrogen) atoms. The lowest BCUT2D eigenvalue weighted by atomic mass is 10.2. The molecule has 0 aliphatic carbocycles. The zero-order valence-corrected chi connectivity index (χ0v) is 8.27. The summed E-state index contributed by atoms with van der Waals surface area (Å²) >= 11 is 0. The first-order valence-electron chi connectivity index (χ1n) is 4.37. The molecule has 78 valence electrons. The molecule has 0 bridgehead atoms. The zero-order valence-electron chi connectivity index (χ0n) is 8.27. The second-order valence-electron chi connectivity index (χ2n) is 2.78. The Morgan fingerprint density at radius 3 is 2.93 bits per heavy atom. The molecule has 1 aromatic rings.